The van der Waals surface area contributed by atoms with Crippen molar-refractivity contribution in [3.05, 3.63) is 90.8 Å². The van der Waals surface area contributed by atoms with Crippen molar-refractivity contribution in [2.24, 2.45) is 4.99 Å². The number of fused-ring (bicyclic) bond motifs is 1. The number of halogens is 1. The molecule has 0 amide bonds. The first-order chi connectivity index (χ1) is 14.0. The molecule has 4 rings (SSSR count). The SMILES string of the molecule is CCOC(=O)C1=C(C)N=c2s/c(=C\c3ccoc3)c(=O)n2C1c1ccc(F)cc1. The van der Waals surface area contributed by atoms with Gasteiger partial charge in [-0.1, -0.05) is 23.5 Å². The molecule has 3 aromatic rings. The molecule has 1 aromatic carbocycles. The summed E-state index contributed by atoms with van der Waals surface area (Å²) < 4.78 is 25.7. The number of benzene rings is 1. The van der Waals surface area contributed by atoms with Gasteiger partial charge in [0, 0.05) is 5.56 Å². The van der Waals surface area contributed by atoms with Crippen molar-refractivity contribution in [3.63, 3.8) is 0 Å². The molecule has 0 spiro atoms. The second kappa shape index (κ2) is 7.63. The Morgan fingerprint density at radius 3 is 2.76 bits per heavy atom. The molecule has 0 fully saturated rings. The number of allylic oxidation sites excluding steroid dienone is 1. The van der Waals surface area contributed by atoms with Gasteiger partial charge in [0.05, 0.1) is 41.0 Å². The molecule has 2 aromatic heterocycles. The van der Waals surface area contributed by atoms with E-state index in [0.717, 1.165) is 5.56 Å². The predicted molar refractivity (Wildman–Crippen MR) is 106 cm³/mol. The van der Waals surface area contributed by atoms with E-state index in [1.165, 1.54) is 40.6 Å². The van der Waals surface area contributed by atoms with Gasteiger partial charge in [0.2, 0.25) is 0 Å². The molecule has 0 N–H and O–H groups in total. The van der Waals surface area contributed by atoms with E-state index in [1.807, 2.05) is 0 Å². The average molecular weight is 412 g/mol. The van der Waals surface area contributed by atoms with Crippen LogP contribution in [0.15, 0.2) is 68.3 Å². The Morgan fingerprint density at radius 2 is 2.10 bits per heavy atom. The Kier molecular flexibility index (Phi) is 5.02. The van der Waals surface area contributed by atoms with Crippen LogP contribution in [0, 0.1) is 5.82 Å². The Bertz CT molecular complexity index is 1270. The molecule has 0 saturated carbocycles. The molecule has 148 valence electrons. The van der Waals surface area contributed by atoms with Crippen molar-refractivity contribution >= 4 is 23.4 Å². The summed E-state index contributed by atoms with van der Waals surface area (Å²) in [7, 11) is 0. The van der Waals surface area contributed by atoms with E-state index in [-0.39, 0.29) is 17.7 Å². The first-order valence-corrected chi connectivity index (χ1v) is 9.78. The van der Waals surface area contributed by atoms with E-state index in [1.54, 1.807) is 38.1 Å². The van der Waals surface area contributed by atoms with Crippen molar-refractivity contribution in [3.8, 4) is 0 Å². The number of thiazole rings is 1. The zero-order chi connectivity index (χ0) is 20.5. The maximum absolute atomic E-state index is 13.5. The highest BCUT2D eigenvalue weighted by atomic mass is 32.1. The number of esters is 1. The summed E-state index contributed by atoms with van der Waals surface area (Å²) in [6.07, 6.45) is 4.76. The van der Waals surface area contributed by atoms with E-state index in [2.05, 4.69) is 4.99 Å². The standard InChI is InChI=1S/C21H17FN2O4S/c1-3-28-20(26)17-12(2)23-21-24(18(17)14-4-6-15(22)7-5-14)19(25)16(29-21)10-13-8-9-27-11-13/h4-11,18H,3H2,1-2H3/b16-10-. The number of nitrogens with zero attached hydrogens (tertiary/aromatic N) is 2. The molecule has 1 unspecified atom stereocenters. The van der Waals surface area contributed by atoms with Gasteiger partial charge in [-0.3, -0.25) is 9.36 Å². The number of carbonyl (C=O) groups is 1. The molecular weight excluding hydrogens is 395 g/mol. The predicted octanol–water partition coefficient (Wildman–Crippen LogP) is 2.53. The van der Waals surface area contributed by atoms with Crippen LogP contribution in [0.5, 0.6) is 0 Å². The highest BCUT2D eigenvalue weighted by molar-refractivity contribution is 7.07. The van der Waals surface area contributed by atoms with Crippen LogP contribution >= 0.6 is 11.3 Å². The summed E-state index contributed by atoms with van der Waals surface area (Å²) in [6, 6.07) is 6.71. The molecule has 0 bridgehead atoms. The topological polar surface area (TPSA) is 73.8 Å². The Morgan fingerprint density at radius 1 is 1.34 bits per heavy atom. The highest BCUT2D eigenvalue weighted by Gasteiger charge is 2.33. The quantitative estimate of drug-likeness (QED) is 0.618. The van der Waals surface area contributed by atoms with Crippen molar-refractivity contribution in [1.29, 1.82) is 0 Å². The average Bonchev–Trinajstić information content (AvgIpc) is 3.30. The summed E-state index contributed by atoms with van der Waals surface area (Å²) in [4.78, 5) is 30.9. The Balaban J connectivity index is 1.97. The second-order valence-electron chi connectivity index (χ2n) is 6.41. The number of aromatic nitrogens is 1. The maximum atomic E-state index is 13.5. The van der Waals surface area contributed by atoms with Crippen LogP contribution in [0.4, 0.5) is 4.39 Å². The fourth-order valence-corrected chi connectivity index (χ4v) is 4.31. The molecule has 1 atom stereocenters. The third-order valence-electron chi connectivity index (χ3n) is 4.54. The first kappa shape index (κ1) is 19.1. The molecule has 0 aliphatic carbocycles. The lowest BCUT2D eigenvalue weighted by atomic mass is 9.96. The van der Waals surface area contributed by atoms with Crippen molar-refractivity contribution in [2.75, 3.05) is 6.61 Å². The van der Waals surface area contributed by atoms with Gasteiger partial charge in [0.15, 0.2) is 4.80 Å². The number of ether oxygens (including phenoxy) is 1. The minimum absolute atomic E-state index is 0.191. The van der Waals surface area contributed by atoms with E-state index in [0.29, 0.717) is 20.6 Å². The van der Waals surface area contributed by atoms with Gasteiger partial charge in [-0.25, -0.2) is 14.2 Å². The van der Waals surface area contributed by atoms with Crippen LogP contribution in [-0.2, 0) is 9.53 Å². The van der Waals surface area contributed by atoms with Gasteiger partial charge in [0.1, 0.15) is 5.82 Å². The van der Waals surface area contributed by atoms with E-state index in [9.17, 15) is 14.0 Å². The molecule has 29 heavy (non-hydrogen) atoms. The molecule has 0 radical (unpaired) electrons. The summed E-state index contributed by atoms with van der Waals surface area (Å²) in [5, 5.41) is 0. The molecule has 1 aliphatic rings. The number of hydrogen-bond acceptors (Lipinski definition) is 6. The lowest BCUT2D eigenvalue weighted by molar-refractivity contribution is -0.139. The molecule has 8 heteroatoms. The second-order valence-corrected chi connectivity index (χ2v) is 7.42. The minimum Gasteiger partial charge on any atom is -0.472 e. The van der Waals surface area contributed by atoms with E-state index >= 15 is 0 Å². The molecular formula is C21H17FN2O4S. The first-order valence-electron chi connectivity index (χ1n) is 8.97. The highest BCUT2D eigenvalue weighted by Crippen LogP contribution is 2.30. The number of rotatable bonds is 4. The van der Waals surface area contributed by atoms with Crippen LogP contribution in [0.2, 0.25) is 0 Å². The molecule has 0 saturated heterocycles. The van der Waals surface area contributed by atoms with Gasteiger partial charge in [-0.2, -0.15) is 0 Å². The van der Waals surface area contributed by atoms with Gasteiger partial charge in [-0.05, 0) is 43.7 Å². The molecule has 3 heterocycles. The lowest BCUT2D eigenvalue weighted by Crippen LogP contribution is -2.39. The van der Waals surface area contributed by atoms with Gasteiger partial charge in [0.25, 0.3) is 5.56 Å². The fraction of sp³-hybridized carbons (Fsp3) is 0.190. The largest absolute Gasteiger partial charge is 0.472 e. The van der Waals surface area contributed by atoms with Crippen molar-refractivity contribution < 1.29 is 18.3 Å². The van der Waals surface area contributed by atoms with Crippen molar-refractivity contribution in [2.45, 2.75) is 19.9 Å². The number of hydrogen-bond donors (Lipinski definition) is 0. The van der Waals surface area contributed by atoms with Crippen LogP contribution in [0.25, 0.3) is 6.08 Å². The normalized spacial score (nSPS) is 16.5. The molecule has 1 aliphatic heterocycles. The summed E-state index contributed by atoms with van der Waals surface area (Å²) in [5.41, 5.74) is 1.78. The number of carbonyl (C=O) groups excluding carboxylic acids is 1. The van der Waals surface area contributed by atoms with Gasteiger partial charge >= 0.3 is 5.97 Å². The van der Waals surface area contributed by atoms with Crippen molar-refractivity contribution in [1.82, 2.24) is 4.57 Å². The van der Waals surface area contributed by atoms with Crippen LogP contribution < -0.4 is 14.9 Å². The van der Waals surface area contributed by atoms with E-state index in [4.69, 9.17) is 9.15 Å². The lowest BCUT2D eigenvalue weighted by Gasteiger charge is -2.24. The summed E-state index contributed by atoms with van der Waals surface area (Å²) >= 11 is 1.22. The fourth-order valence-electron chi connectivity index (χ4n) is 3.26. The smallest absolute Gasteiger partial charge is 0.338 e. The summed E-state index contributed by atoms with van der Waals surface area (Å²) in [6.45, 7) is 3.60. The van der Waals surface area contributed by atoms with Crippen LogP contribution in [0.3, 0.4) is 0 Å². The molecule has 6 nitrogen and oxygen atoms in total. The third-order valence-corrected chi connectivity index (χ3v) is 5.53. The Hall–Kier alpha value is -3.26. The third kappa shape index (κ3) is 3.47. The zero-order valence-corrected chi connectivity index (χ0v) is 16.5. The minimum atomic E-state index is -0.752. The zero-order valence-electron chi connectivity index (χ0n) is 15.7. The maximum Gasteiger partial charge on any atom is 0.338 e. The van der Waals surface area contributed by atoms with E-state index < -0.39 is 17.8 Å². The van der Waals surface area contributed by atoms with Crippen LogP contribution in [0.1, 0.15) is 31.0 Å². The monoisotopic (exact) mass is 412 g/mol. The Labute approximate surface area is 168 Å². The summed E-state index contributed by atoms with van der Waals surface area (Å²) in [5.74, 6) is -0.952. The van der Waals surface area contributed by atoms with Gasteiger partial charge in [-0.15, -0.1) is 0 Å². The van der Waals surface area contributed by atoms with Crippen LogP contribution in [-0.4, -0.2) is 17.1 Å². The van der Waals surface area contributed by atoms with Gasteiger partial charge < -0.3 is 9.15 Å². The number of furan rings is 1.